The Morgan fingerprint density at radius 2 is 2.50 bits per heavy atom. The van der Waals surface area contributed by atoms with Crippen LogP contribution in [0.25, 0.3) is 0 Å². The van der Waals surface area contributed by atoms with Crippen LogP contribution in [0.2, 0.25) is 0 Å². The predicted molar refractivity (Wildman–Crippen MR) is 25.9 cm³/mol. The minimum absolute atomic E-state index is 0.156. The van der Waals surface area contributed by atoms with Crippen molar-refractivity contribution in [1.82, 2.24) is 0 Å². The maximum atomic E-state index is 11.0. The van der Waals surface area contributed by atoms with Gasteiger partial charge in [-0.25, -0.2) is 9.38 Å². The molecule has 0 rings (SSSR count). The van der Waals surface area contributed by atoms with Gasteiger partial charge in [-0.3, -0.25) is 0 Å². The zero-order chi connectivity index (χ0) is 4.83. The summed E-state index contributed by atoms with van der Waals surface area (Å²) in [6.45, 7) is -0.285. The van der Waals surface area contributed by atoms with Crippen LogP contribution in [-0.2, 0) is 0 Å². The number of nitrogens with zero attached hydrogens (tertiary/aromatic N) is 1. The van der Waals surface area contributed by atoms with Gasteiger partial charge in [-0.2, -0.15) is 0 Å². The van der Waals surface area contributed by atoms with Crippen LogP contribution < -0.4 is 0 Å². The molecule has 0 aliphatic carbocycles. The first-order chi connectivity index (χ1) is 2.91. The molecule has 0 aromatic carbocycles. The van der Waals surface area contributed by atoms with Crippen LogP contribution in [0.3, 0.4) is 0 Å². The van der Waals surface area contributed by atoms with Crippen molar-refractivity contribution in [3.05, 3.63) is 0 Å². The van der Waals surface area contributed by atoms with Gasteiger partial charge in [-0.15, -0.1) is 0 Å². The van der Waals surface area contributed by atoms with Crippen molar-refractivity contribution in [3.63, 3.8) is 0 Å². The summed E-state index contributed by atoms with van der Waals surface area (Å²) in [4.78, 5) is 3.28. The molecule has 0 aliphatic rings. The summed E-state index contributed by atoms with van der Waals surface area (Å²) in [5, 5.41) is 2.04. The lowest BCUT2D eigenvalue weighted by Crippen LogP contribution is -1.76. The molecule has 1 nitrogen and oxygen atoms in total. The number of rotatable bonds is 2. The second-order valence-corrected chi connectivity index (χ2v) is 0.845. The fourth-order valence-electron chi connectivity index (χ4n) is 0.0879. The van der Waals surface area contributed by atoms with Crippen molar-refractivity contribution in [3.8, 4) is 0 Å². The van der Waals surface area contributed by atoms with E-state index in [-0.39, 0.29) is 6.54 Å². The highest BCUT2D eigenvalue weighted by atomic mass is 32.1. The third-order valence-corrected chi connectivity index (χ3v) is 0.390. The van der Waals surface area contributed by atoms with Crippen LogP contribution in [0.15, 0.2) is 4.99 Å². The lowest BCUT2D eigenvalue weighted by atomic mass is 10.8. The fourth-order valence-corrected chi connectivity index (χ4v) is 0.179. The lowest BCUT2D eigenvalue weighted by Gasteiger charge is -1.70. The Labute approximate surface area is 40.9 Å². The maximum Gasteiger partial charge on any atom is 0.110 e. The van der Waals surface area contributed by atoms with E-state index in [9.17, 15) is 4.39 Å². The number of hydrogen-bond donors (Lipinski definition) is 0. The molecule has 0 aliphatic heterocycles. The molecule has 6 heavy (non-hydrogen) atoms. The van der Waals surface area contributed by atoms with E-state index in [1.807, 2.05) is 5.16 Å². The molecule has 0 spiro atoms. The summed E-state index contributed by atoms with van der Waals surface area (Å²) in [6.07, 6.45) is 0. The van der Waals surface area contributed by atoms with E-state index >= 15 is 0 Å². The highest BCUT2D eigenvalue weighted by molar-refractivity contribution is 7.78. The van der Waals surface area contributed by atoms with E-state index in [2.05, 4.69) is 17.2 Å². The van der Waals surface area contributed by atoms with E-state index in [0.717, 1.165) is 0 Å². The lowest BCUT2D eigenvalue weighted by molar-refractivity contribution is 0.505. The number of hydrogen-bond acceptors (Lipinski definition) is 2. The van der Waals surface area contributed by atoms with Crippen LogP contribution in [0.4, 0.5) is 4.39 Å². The van der Waals surface area contributed by atoms with Crippen molar-refractivity contribution in [2.75, 3.05) is 13.2 Å². The van der Waals surface area contributed by atoms with E-state index in [1.54, 1.807) is 0 Å². The molecule has 3 heteroatoms. The molecular weight excluding hydrogens is 101 g/mol. The number of alkyl halides is 1. The number of halogens is 1. The summed E-state index contributed by atoms with van der Waals surface area (Å²) < 4.78 is 11.0. The molecule has 0 N–H and O–H groups in total. The number of aliphatic imine (C=N–C) groups is 1. The van der Waals surface area contributed by atoms with Crippen LogP contribution in [-0.4, -0.2) is 18.4 Å². The molecule has 0 atom stereocenters. The van der Waals surface area contributed by atoms with E-state index in [4.69, 9.17) is 0 Å². The largest absolute Gasteiger partial charge is 0.249 e. The summed E-state index contributed by atoms with van der Waals surface area (Å²) in [5.74, 6) is 0. The smallest absolute Gasteiger partial charge is 0.110 e. The Hall–Kier alpha value is -0.270. The molecule has 0 radical (unpaired) electrons. The summed E-state index contributed by atoms with van der Waals surface area (Å²) in [6, 6.07) is 0. The van der Waals surface area contributed by atoms with Crippen molar-refractivity contribution in [1.29, 1.82) is 0 Å². The SMILES string of the molecule is FCCN=C=S. The van der Waals surface area contributed by atoms with E-state index < -0.39 is 6.67 Å². The highest BCUT2D eigenvalue weighted by Crippen LogP contribution is 1.65. The first kappa shape index (κ1) is 5.73. The zero-order valence-corrected chi connectivity index (χ0v) is 3.96. The van der Waals surface area contributed by atoms with E-state index in [0.29, 0.717) is 0 Å². The first-order valence-corrected chi connectivity index (χ1v) is 1.92. The zero-order valence-electron chi connectivity index (χ0n) is 3.15. The van der Waals surface area contributed by atoms with Gasteiger partial charge in [0.15, 0.2) is 0 Å². The second-order valence-electron chi connectivity index (χ2n) is 0.662. The third kappa shape index (κ3) is 3.73. The molecule has 0 bridgehead atoms. The van der Waals surface area contributed by atoms with Crippen LogP contribution in [0, 0.1) is 0 Å². The molecule has 0 amide bonds. The van der Waals surface area contributed by atoms with Crippen molar-refractivity contribution in [2.45, 2.75) is 0 Å². The Balaban J connectivity index is 2.86. The summed E-state index contributed by atoms with van der Waals surface area (Å²) in [5.41, 5.74) is 0. The van der Waals surface area contributed by atoms with E-state index in [1.165, 1.54) is 0 Å². The average molecular weight is 105 g/mol. The second kappa shape index (κ2) is 4.73. The molecule has 34 valence electrons. The maximum absolute atomic E-state index is 11.0. The molecule has 0 fully saturated rings. The van der Waals surface area contributed by atoms with Crippen LogP contribution in [0.5, 0.6) is 0 Å². The average Bonchev–Trinajstić information content (AvgIpc) is 1.61. The van der Waals surface area contributed by atoms with Gasteiger partial charge in [0.25, 0.3) is 0 Å². The van der Waals surface area contributed by atoms with Gasteiger partial charge in [0.2, 0.25) is 0 Å². The normalized spacial score (nSPS) is 6.83. The Bertz CT molecular complexity index is 67.2. The molecular formula is C3H4FNS. The Morgan fingerprint density at radius 1 is 1.83 bits per heavy atom. The van der Waals surface area contributed by atoms with Gasteiger partial charge in [-0.05, 0) is 12.2 Å². The van der Waals surface area contributed by atoms with Crippen molar-refractivity contribution in [2.24, 2.45) is 4.99 Å². The standard InChI is InChI=1S/C3H4FNS/c4-1-2-5-3-6/h1-2H2. The van der Waals surface area contributed by atoms with Gasteiger partial charge in [0.1, 0.15) is 6.67 Å². The molecule has 0 heterocycles. The first-order valence-electron chi connectivity index (χ1n) is 1.51. The van der Waals surface area contributed by atoms with Gasteiger partial charge < -0.3 is 0 Å². The third-order valence-electron chi connectivity index (χ3n) is 0.261. The fraction of sp³-hybridized carbons (Fsp3) is 0.667. The van der Waals surface area contributed by atoms with Gasteiger partial charge in [0, 0.05) is 0 Å². The highest BCUT2D eigenvalue weighted by Gasteiger charge is 1.68. The number of isothiocyanates is 1. The monoisotopic (exact) mass is 105 g/mol. The quantitative estimate of drug-likeness (QED) is 0.378. The molecule has 0 unspecified atom stereocenters. The molecule has 0 saturated heterocycles. The predicted octanol–water partition coefficient (Wildman–Crippen LogP) is 1.06. The van der Waals surface area contributed by atoms with Crippen molar-refractivity contribution >= 4 is 17.4 Å². The summed E-state index contributed by atoms with van der Waals surface area (Å²) in [7, 11) is 0. The minimum Gasteiger partial charge on any atom is -0.249 e. The molecule has 0 saturated carbocycles. The summed E-state index contributed by atoms with van der Waals surface area (Å²) >= 11 is 4.13. The van der Waals surface area contributed by atoms with Crippen LogP contribution in [0.1, 0.15) is 0 Å². The van der Waals surface area contributed by atoms with Crippen molar-refractivity contribution < 1.29 is 4.39 Å². The Morgan fingerprint density at radius 3 is 2.67 bits per heavy atom. The molecule has 0 aromatic heterocycles. The minimum atomic E-state index is -0.441. The molecule has 0 aromatic rings. The van der Waals surface area contributed by atoms with Crippen LogP contribution >= 0.6 is 12.2 Å². The van der Waals surface area contributed by atoms with Gasteiger partial charge in [0.05, 0.1) is 11.7 Å². The van der Waals surface area contributed by atoms with Gasteiger partial charge in [-0.1, -0.05) is 0 Å². The Kier molecular flexibility index (Phi) is 4.52. The number of thiocarbonyl (C=S) groups is 1. The van der Waals surface area contributed by atoms with Gasteiger partial charge >= 0.3 is 0 Å². The topological polar surface area (TPSA) is 12.4 Å².